The number of carbonyl (C=O) groups excluding carboxylic acids is 1. The third-order valence-corrected chi connectivity index (χ3v) is 5.20. The first kappa shape index (κ1) is 21.0. The smallest absolute Gasteiger partial charge is 0.261 e. The molecular weight excluding hydrogens is 366 g/mol. The molecule has 1 aliphatic rings. The Labute approximate surface area is 173 Å². The van der Waals surface area contributed by atoms with Gasteiger partial charge in [0.1, 0.15) is 22.8 Å². The highest BCUT2D eigenvalue weighted by Gasteiger charge is 2.35. The summed E-state index contributed by atoms with van der Waals surface area (Å²) in [4.78, 5) is 13.0. The molecule has 5 heteroatoms. The number of para-hydroxylation sites is 1. The zero-order chi connectivity index (χ0) is 21.2. The van der Waals surface area contributed by atoms with Crippen molar-refractivity contribution in [3.8, 4) is 17.2 Å². The van der Waals surface area contributed by atoms with Crippen LogP contribution in [0.4, 0.5) is 0 Å². The topological polar surface area (TPSA) is 56.8 Å². The number of ether oxygens (including phenoxy) is 3. The Morgan fingerprint density at radius 3 is 2.59 bits per heavy atom. The second-order valence-corrected chi connectivity index (χ2v) is 8.48. The molecule has 1 N–H and O–H groups in total. The van der Waals surface area contributed by atoms with Crippen molar-refractivity contribution in [3.63, 3.8) is 0 Å². The summed E-state index contributed by atoms with van der Waals surface area (Å²) >= 11 is 0. The molecular formula is C24H31NO4. The molecule has 1 heterocycles. The van der Waals surface area contributed by atoms with Crippen molar-refractivity contribution in [2.75, 3.05) is 7.11 Å². The van der Waals surface area contributed by atoms with Crippen LogP contribution in [-0.4, -0.2) is 24.7 Å². The average molecular weight is 398 g/mol. The van der Waals surface area contributed by atoms with Gasteiger partial charge < -0.3 is 19.5 Å². The molecule has 0 saturated heterocycles. The van der Waals surface area contributed by atoms with Crippen LogP contribution >= 0.6 is 0 Å². The Hall–Kier alpha value is -2.69. The maximum Gasteiger partial charge on any atom is 0.261 e. The third kappa shape index (κ3) is 4.84. The van der Waals surface area contributed by atoms with Crippen LogP contribution in [0.2, 0.25) is 0 Å². The van der Waals surface area contributed by atoms with E-state index in [0.717, 1.165) is 28.4 Å². The molecule has 2 atom stereocenters. The van der Waals surface area contributed by atoms with E-state index in [4.69, 9.17) is 14.2 Å². The van der Waals surface area contributed by atoms with Crippen molar-refractivity contribution >= 4 is 5.91 Å². The first-order chi connectivity index (χ1) is 13.7. The van der Waals surface area contributed by atoms with Crippen LogP contribution in [0.15, 0.2) is 42.5 Å². The van der Waals surface area contributed by atoms with Gasteiger partial charge in [0.15, 0.2) is 6.10 Å². The van der Waals surface area contributed by atoms with Gasteiger partial charge in [-0.15, -0.1) is 0 Å². The van der Waals surface area contributed by atoms with Crippen molar-refractivity contribution in [2.24, 2.45) is 0 Å². The van der Waals surface area contributed by atoms with Crippen molar-refractivity contribution in [3.05, 3.63) is 53.6 Å². The lowest BCUT2D eigenvalue weighted by Gasteiger charge is -2.38. The van der Waals surface area contributed by atoms with Gasteiger partial charge in [0, 0.05) is 12.0 Å². The number of hydrogen-bond donors (Lipinski definition) is 1. The van der Waals surface area contributed by atoms with Crippen molar-refractivity contribution < 1.29 is 19.0 Å². The van der Waals surface area contributed by atoms with Crippen molar-refractivity contribution in [1.29, 1.82) is 0 Å². The second-order valence-electron chi connectivity index (χ2n) is 8.48. The van der Waals surface area contributed by atoms with Crippen LogP contribution in [-0.2, 0) is 4.79 Å². The average Bonchev–Trinajstić information content (AvgIpc) is 2.67. The fraction of sp³-hybridized carbons (Fsp3) is 0.458. The lowest BCUT2D eigenvalue weighted by molar-refractivity contribution is -0.128. The zero-order valence-electron chi connectivity index (χ0n) is 18.1. The van der Waals surface area contributed by atoms with Gasteiger partial charge in [-0.3, -0.25) is 4.79 Å². The first-order valence-corrected chi connectivity index (χ1v) is 10.1. The van der Waals surface area contributed by atoms with Gasteiger partial charge in [0.2, 0.25) is 0 Å². The van der Waals surface area contributed by atoms with Gasteiger partial charge in [-0.2, -0.15) is 0 Å². The normalized spacial score (nSPS) is 18.4. The molecule has 0 bridgehead atoms. The van der Waals surface area contributed by atoms with Crippen LogP contribution in [0.3, 0.4) is 0 Å². The molecule has 0 unspecified atom stereocenters. The number of carbonyl (C=O) groups is 1. The molecule has 5 nitrogen and oxygen atoms in total. The highest BCUT2D eigenvalue weighted by molar-refractivity contribution is 5.81. The summed E-state index contributed by atoms with van der Waals surface area (Å²) in [6.07, 6.45) is 0.0451. The maximum absolute atomic E-state index is 13.0. The fourth-order valence-electron chi connectivity index (χ4n) is 3.69. The van der Waals surface area contributed by atoms with Gasteiger partial charge in [-0.25, -0.2) is 0 Å². The van der Waals surface area contributed by atoms with E-state index in [0.29, 0.717) is 12.3 Å². The van der Waals surface area contributed by atoms with E-state index < -0.39 is 6.10 Å². The minimum Gasteiger partial charge on any atom is -0.497 e. The Balaban J connectivity index is 1.78. The molecule has 2 aromatic carbocycles. The van der Waals surface area contributed by atoms with E-state index in [1.54, 1.807) is 14.0 Å². The first-order valence-electron chi connectivity index (χ1n) is 10.1. The van der Waals surface area contributed by atoms with E-state index >= 15 is 0 Å². The van der Waals surface area contributed by atoms with Crippen molar-refractivity contribution in [1.82, 2.24) is 5.32 Å². The summed E-state index contributed by atoms with van der Waals surface area (Å²) in [6, 6.07) is 13.4. The monoisotopic (exact) mass is 397 g/mol. The molecule has 0 saturated carbocycles. The Morgan fingerprint density at radius 1 is 1.17 bits per heavy atom. The lowest BCUT2D eigenvalue weighted by Crippen LogP contribution is -2.44. The minimum atomic E-state index is -0.616. The fourth-order valence-corrected chi connectivity index (χ4v) is 3.69. The SMILES string of the molecule is COc1ccc2c(c1)[C@H](NC(=O)[C@H](C)Oc1ccccc1C(C)C)CC(C)(C)O2. The maximum atomic E-state index is 13.0. The van der Waals surface area contributed by atoms with Crippen LogP contribution in [0.1, 0.15) is 64.1 Å². The lowest BCUT2D eigenvalue weighted by atomic mass is 9.89. The Kier molecular flexibility index (Phi) is 6.06. The molecule has 0 aliphatic carbocycles. The van der Waals surface area contributed by atoms with Crippen LogP contribution in [0.25, 0.3) is 0 Å². The Morgan fingerprint density at radius 2 is 1.90 bits per heavy atom. The number of hydrogen-bond acceptors (Lipinski definition) is 4. The van der Waals surface area contributed by atoms with Gasteiger partial charge in [0.05, 0.1) is 13.2 Å². The molecule has 3 rings (SSSR count). The van der Waals surface area contributed by atoms with E-state index in [-0.39, 0.29) is 17.6 Å². The van der Waals surface area contributed by atoms with E-state index in [2.05, 4.69) is 19.2 Å². The Bertz CT molecular complexity index is 875. The standard InChI is InChI=1S/C24H31NO4/c1-15(2)18-9-7-8-10-21(18)28-16(3)23(26)25-20-14-24(4,5)29-22-12-11-17(27-6)13-19(20)22/h7-13,15-16,20H,14H2,1-6H3,(H,25,26)/t16-,20+/m0/s1. The van der Waals surface area contributed by atoms with E-state index in [1.807, 2.05) is 56.3 Å². The molecule has 0 spiro atoms. The molecule has 1 aliphatic heterocycles. The summed E-state index contributed by atoms with van der Waals surface area (Å²) in [5.74, 6) is 2.42. The number of nitrogens with one attached hydrogen (secondary N) is 1. The molecule has 2 aromatic rings. The second kappa shape index (κ2) is 8.36. The van der Waals surface area contributed by atoms with Gasteiger partial charge in [-0.1, -0.05) is 32.0 Å². The summed E-state index contributed by atoms with van der Waals surface area (Å²) in [5, 5.41) is 3.15. The van der Waals surface area contributed by atoms with E-state index in [1.165, 1.54) is 0 Å². The quantitative estimate of drug-likeness (QED) is 0.745. The predicted octanol–water partition coefficient (Wildman–Crippen LogP) is 5.00. The number of methoxy groups -OCH3 is 1. The van der Waals surface area contributed by atoms with Crippen LogP contribution in [0, 0.1) is 0 Å². The number of amides is 1. The number of rotatable bonds is 6. The zero-order valence-corrected chi connectivity index (χ0v) is 18.1. The summed E-state index contributed by atoms with van der Waals surface area (Å²) in [5.41, 5.74) is 1.63. The highest BCUT2D eigenvalue weighted by Crippen LogP contribution is 2.41. The van der Waals surface area contributed by atoms with Crippen molar-refractivity contribution in [2.45, 2.75) is 64.7 Å². The molecule has 29 heavy (non-hydrogen) atoms. The number of benzene rings is 2. The van der Waals surface area contributed by atoms with Crippen LogP contribution < -0.4 is 19.5 Å². The van der Waals surface area contributed by atoms with E-state index in [9.17, 15) is 4.79 Å². The molecule has 0 aromatic heterocycles. The van der Waals surface area contributed by atoms with Crippen LogP contribution in [0.5, 0.6) is 17.2 Å². The van der Waals surface area contributed by atoms with Gasteiger partial charge in [-0.05, 0) is 56.5 Å². The number of fused-ring (bicyclic) bond motifs is 1. The van der Waals surface area contributed by atoms with Gasteiger partial charge in [0.25, 0.3) is 5.91 Å². The summed E-state index contributed by atoms with van der Waals surface area (Å²) in [7, 11) is 1.63. The van der Waals surface area contributed by atoms with Gasteiger partial charge >= 0.3 is 0 Å². The molecule has 156 valence electrons. The third-order valence-electron chi connectivity index (χ3n) is 5.20. The summed E-state index contributed by atoms with van der Waals surface area (Å²) in [6.45, 7) is 10.1. The summed E-state index contributed by atoms with van der Waals surface area (Å²) < 4.78 is 17.5. The largest absolute Gasteiger partial charge is 0.497 e. The minimum absolute atomic E-state index is 0.153. The molecule has 0 fully saturated rings. The highest BCUT2D eigenvalue weighted by atomic mass is 16.5. The molecule has 1 amide bonds. The predicted molar refractivity (Wildman–Crippen MR) is 114 cm³/mol. The molecule has 0 radical (unpaired) electrons.